The molecule has 0 spiro atoms. The predicted octanol–water partition coefficient (Wildman–Crippen LogP) is 3.88. The van der Waals surface area contributed by atoms with Gasteiger partial charge in [-0.2, -0.15) is 0 Å². The molecule has 0 bridgehead atoms. The maximum atomic E-state index is 13.3. The number of rotatable bonds is 5. The maximum absolute atomic E-state index is 13.3. The lowest BCUT2D eigenvalue weighted by Gasteiger charge is -2.24. The third-order valence-corrected chi connectivity index (χ3v) is 6.27. The minimum Gasteiger partial charge on any atom is -0.505 e. The number of aromatic hydroxyl groups is 1. The van der Waals surface area contributed by atoms with Gasteiger partial charge in [0.1, 0.15) is 17.1 Å². The van der Waals surface area contributed by atoms with Crippen LogP contribution in [-0.4, -0.2) is 43.3 Å². The number of imidazole rings is 1. The van der Waals surface area contributed by atoms with Gasteiger partial charge in [-0.3, -0.25) is 9.59 Å². The second kappa shape index (κ2) is 8.35. The topological polar surface area (TPSA) is 118 Å². The summed E-state index contributed by atoms with van der Waals surface area (Å²) < 4.78 is 12.5. The van der Waals surface area contributed by atoms with Gasteiger partial charge in [0.05, 0.1) is 37.2 Å². The summed E-state index contributed by atoms with van der Waals surface area (Å²) in [5.74, 6) is -1.43. The number of furan rings is 1. The second-order valence-electron chi connectivity index (χ2n) is 8.37. The number of hydrogen-bond acceptors (Lipinski definition) is 7. The molecule has 1 atom stereocenters. The number of pyridine rings is 1. The molecule has 3 aromatic heterocycles. The van der Waals surface area contributed by atoms with Crippen molar-refractivity contribution in [2.24, 2.45) is 0 Å². The number of nitrogens with zero attached hydrogens (tertiary/aromatic N) is 3. The monoisotopic (exact) mass is 473 g/mol. The molecule has 1 saturated heterocycles. The normalized spacial score (nSPS) is 17.5. The number of phenolic OH excluding ortho intramolecular Hbond substituents is 1. The van der Waals surface area contributed by atoms with Gasteiger partial charge >= 0.3 is 0 Å². The number of aryl methyl sites for hydroxylation is 2. The number of ether oxygens (including phenoxy) is 1. The van der Waals surface area contributed by atoms with Crippen LogP contribution in [-0.2, 0) is 16.1 Å². The van der Waals surface area contributed by atoms with Crippen LogP contribution in [0, 0.1) is 13.8 Å². The van der Waals surface area contributed by atoms with Gasteiger partial charge in [-0.1, -0.05) is 12.1 Å². The number of Topliss-reactive ketones (excluding diaryl/α,β-unsaturated/α-hetero) is 1. The van der Waals surface area contributed by atoms with Crippen molar-refractivity contribution in [2.45, 2.75) is 26.4 Å². The first-order valence-corrected chi connectivity index (χ1v) is 10.9. The standard InChI is InChI=1S/C26H23N3O6/c1-14-6-4-10-28-15(2)21(27-25(14)28)23(31)20-22(16-8-9-18(30)19(12-16)34-3)29(26(33)24(20)32)13-17-7-5-11-35-17/h4-12,22,30-31H,13H2,1-3H3. The van der Waals surface area contributed by atoms with E-state index in [1.165, 1.54) is 30.4 Å². The van der Waals surface area contributed by atoms with Crippen molar-refractivity contribution in [2.75, 3.05) is 7.11 Å². The molecule has 5 rings (SSSR count). The van der Waals surface area contributed by atoms with Crippen molar-refractivity contribution in [3.8, 4) is 11.5 Å². The molecule has 178 valence electrons. The number of amides is 1. The van der Waals surface area contributed by atoms with Crippen LogP contribution in [0.1, 0.15) is 34.3 Å². The molecule has 35 heavy (non-hydrogen) atoms. The zero-order valence-electron chi connectivity index (χ0n) is 19.3. The minimum absolute atomic E-state index is 0.00542. The van der Waals surface area contributed by atoms with Crippen molar-refractivity contribution in [3.05, 3.63) is 88.8 Å². The minimum atomic E-state index is -0.958. The highest BCUT2D eigenvalue weighted by atomic mass is 16.5. The zero-order valence-corrected chi connectivity index (χ0v) is 19.3. The second-order valence-corrected chi connectivity index (χ2v) is 8.37. The van der Waals surface area contributed by atoms with Crippen LogP contribution in [0.15, 0.2) is 64.9 Å². The largest absolute Gasteiger partial charge is 0.505 e. The number of fused-ring (bicyclic) bond motifs is 1. The third kappa shape index (κ3) is 3.52. The van der Waals surface area contributed by atoms with Gasteiger partial charge in [-0.25, -0.2) is 4.98 Å². The molecular weight excluding hydrogens is 450 g/mol. The molecule has 4 aromatic rings. The Labute approximate surface area is 200 Å². The Kier molecular flexibility index (Phi) is 5.32. The summed E-state index contributed by atoms with van der Waals surface area (Å²) >= 11 is 0. The van der Waals surface area contributed by atoms with E-state index < -0.39 is 17.7 Å². The van der Waals surface area contributed by atoms with E-state index in [4.69, 9.17) is 9.15 Å². The van der Waals surface area contributed by atoms with Crippen LogP contribution in [0.25, 0.3) is 11.4 Å². The summed E-state index contributed by atoms with van der Waals surface area (Å²) in [5.41, 5.74) is 2.75. The number of carbonyl (C=O) groups is 2. The van der Waals surface area contributed by atoms with Crippen molar-refractivity contribution in [3.63, 3.8) is 0 Å². The van der Waals surface area contributed by atoms with E-state index in [9.17, 15) is 19.8 Å². The summed E-state index contributed by atoms with van der Waals surface area (Å²) in [7, 11) is 1.40. The molecule has 4 heterocycles. The number of carbonyl (C=O) groups excluding carboxylic acids is 2. The van der Waals surface area contributed by atoms with Gasteiger partial charge in [-0.05, 0) is 55.3 Å². The molecule has 0 saturated carbocycles. The Hall–Kier alpha value is -4.53. The highest BCUT2D eigenvalue weighted by Crippen LogP contribution is 2.42. The third-order valence-electron chi connectivity index (χ3n) is 6.27. The van der Waals surface area contributed by atoms with Crippen molar-refractivity contribution >= 4 is 23.1 Å². The summed E-state index contributed by atoms with van der Waals surface area (Å²) in [4.78, 5) is 32.4. The van der Waals surface area contributed by atoms with E-state index >= 15 is 0 Å². The van der Waals surface area contributed by atoms with E-state index in [1.807, 2.05) is 29.7 Å². The number of phenols is 1. The number of aromatic nitrogens is 2. The van der Waals surface area contributed by atoms with Crippen LogP contribution in [0.3, 0.4) is 0 Å². The number of methoxy groups -OCH3 is 1. The molecule has 1 aliphatic rings. The number of ketones is 1. The first-order valence-electron chi connectivity index (χ1n) is 10.9. The molecule has 0 radical (unpaired) electrons. The molecule has 1 amide bonds. The van der Waals surface area contributed by atoms with Gasteiger partial charge in [0.15, 0.2) is 17.3 Å². The Bertz CT molecular complexity index is 1500. The quantitative estimate of drug-likeness (QED) is 0.257. The van der Waals surface area contributed by atoms with Gasteiger partial charge in [0, 0.05) is 6.20 Å². The molecular formula is C26H23N3O6. The van der Waals surface area contributed by atoms with E-state index in [1.54, 1.807) is 25.1 Å². The summed E-state index contributed by atoms with van der Waals surface area (Å²) in [5, 5.41) is 21.5. The molecule has 9 heteroatoms. The van der Waals surface area contributed by atoms with E-state index in [-0.39, 0.29) is 35.1 Å². The van der Waals surface area contributed by atoms with Crippen molar-refractivity contribution in [1.29, 1.82) is 0 Å². The van der Waals surface area contributed by atoms with Gasteiger partial charge in [-0.15, -0.1) is 0 Å². The first kappa shape index (κ1) is 22.3. The fourth-order valence-corrected chi connectivity index (χ4v) is 4.50. The van der Waals surface area contributed by atoms with Gasteiger partial charge in [0.25, 0.3) is 11.7 Å². The van der Waals surface area contributed by atoms with Crippen molar-refractivity contribution < 1.29 is 29.0 Å². The first-order chi connectivity index (χ1) is 16.8. The Morgan fingerprint density at radius 2 is 1.97 bits per heavy atom. The van der Waals surface area contributed by atoms with Crippen LogP contribution in [0.2, 0.25) is 0 Å². The SMILES string of the molecule is COc1cc(C2C(=C(O)c3nc4c(C)cccn4c3C)C(=O)C(=O)N2Cc2ccco2)ccc1O. The summed E-state index contributed by atoms with van der Waals surface area (Å²) in [6.45, 7) is 3.69. The summed E-state index contributed by atoms with van der Waals surface area (Å²) in [6.07, 6.45) is 3.30. The zero-order chi connectivity index (χ0) is 24.9. The average Bonchev–Trinajstić information content (AvgIpc) is 3.54. The number of likely N-dealkylation sites (tertiary alicyclic amines) is 1. The maximum Gasteiger partial charge on any atom is 0.296 e. The molecule has 1 aromatic carbocycles. The smallest absolute Gasteiger partial charge is 0.296 e. The number of aliphatic hydroxyl groups is 1. The van der Waals surface area contributed by atoms with E-state index in [0.717, 1.165) is 5.56 Å². The molecule has 9 nitrogen and oxygen atoms in total. The van der Waals surface area contributed by atoms with Gasteiger partial charge in [0.2, 0.25) is 0 Å². The van der Waals surface area contributed by atoms with Crippen LogP contribution >= 0.6 is 0 Å². The number of benzene rings is 1. The van der Waals surface area contributed by atoms with Crippen LogP contribution in [0.5, 0.6) is 11.5 Å². The average molecular weight is 473 g/mol. The fraction of sp³-hybridized carbons (Fsp3) is 0.192. The van der Waals surface area contributed by atoms with Gasteiger partial charge < -0.3 is 28.7 Å². The lowest BCUT2D eigenvalue weighted by Crippen LogP contribution is -2.29. The Morgan fingerprint density at radius 1 is 1.17 bits per heavy atom. The van der Waals surface area contributed by atoms with Crippen LogP contribution in [0.4, 0.5) is 0 Å². The van der Waals surface area contributed by atoms with E-state index in [2.05, 4.69) is 4.98 Å². The van der Waals surface area contributed by atoms with Crippen LogP contribution < -0.4 is 4.74 Å². The molecule has 1 aliphatic heterocycles. The molecule has 0 aliphatic carbocycles. The molecule has 1 unspecified atom stereocenters. The van der Waals surface area contributed by atoms with Crippen molar-refractivity contribution in [1.82, 2.24) is 14.3 Å². The molecule has 2 N–H and O–H groups in total. The molecule has 1 fully saturated rings. The number of hydrogen-bond donors (Lipinski definition) is 2. The summed E-state index contributed by atoms with van der Waals surface area (Å²) in [6, 6.07) is 10.7. The Morgan fingerprint density at radius 3 is 2.66 bits per heavy atom. The Balaban J connectivity index is 1.73. The number of aliphatic hydroxyl groups excluding tert-OH is 1. The highest BCUT2D eigenvalue weighted by molar-refractivity contribution is 6.46. The lowest BCUT2D eigenvalue weighted by atomic mass is 9.96. The van der Waals surface area contributed by atoms with E-state index in [0.29, 0.717) is 22.7 Å². The fourth-order valence-electron chi connectivity index (χ4n) is 4.50. The lowest BCUT2D eigenvalue weighted by molar-refractivity contribution is -0.140. The highest BCUT2D eigenvalue weighted by Gasteiger charge is 2.47. The predicted molar refractivity (Wildman–Crippen MR) is 126 cm³/mol.